The molecule has 0 bridgehead atoms. The summed E-state index contributed by atoms with van der Waals surface area (Å²) in [6.07, 6.45) is 0.411. The van der Waals surface area contributed by atoms with E-state index in [1.807, 2.05) is 41.9 Å². The minimum atomic E-state index is -1.09. The number of carbonyl (C=O) groups excluding carboxylic acids is 1. The Balaban J connectivity index is 1.81. The molecule has 0 N–H and O–H groups in total. The fourth-order valence-electron chi connectivity index (χ4n) is 2.06. The number of carbonyl (C=O) groups is 1. The molecule has 0 spiro atoms. The number of hydrogen-bond donors (Lipinski definition) is 0. The smallest absolute Gasteiger partial charge is 0.377 e. The van der Waals surface area contributed by atoms with E-state index in [1.54, 1.807) is 29.6 Å². The summed E-state index contributed by atoms with van der Waals surface area (Å²) in [5.41, 5.74) is 0.321. The first-order valence-corrected chi connectivity index (χ1v) is 8.43. The molecular weight excluding hydrogens is 320 g/mol. The lowest BCUT2D eigenvalue weighted by Crippen LogP contribution is -2.36. The van der Waals surface area contributed by atoms with Crippen LogP contribution in [0, 0.1) is 0 Å². The normalized spacial score (nSPS) is 20.2. The van der Waals surface area contributed by atoms with Gasteiger partial charge < -0.3 is 9.68 Å². The van der Waals surface area contributed by atoms with Crippen molar-refractivity contribution in [1.82, 2.24) is 0 Å². The molecule has 2 aromatic rings. The van der Waals surface area contributed by atoms with Crippen molar-refractivity contribution in [2.75, 3.05) is 0 Å². The van der Waals surface area contributed by atoms with Gasteiger partial charge in [0.15, 0.2) is 0 Å². The van der Waals surface area contributed by atoms with Crippen molar-refractivity contribution >= 4 is 40.1 Å². The molecule has 0 aromatic carbocycles. The van der Waals surface area contributed by atoms with Crippen LogP contribution >= 0.6 is 22.7 Å². The Kier molecular flexibility index (Phi) is 4.08. The second-order valence-corrected chi connectivity index (χ2v) is 6.99. The summed E-state index contributed by atoms with van der Waals surface area (Å²) >= 11 is 3.09. The van der Waals surface area contributed by atoms with Crippen molar-refractivity contribution in [2.24, 2.45) is 10.3 Å². The van der Waals surface area contributed by atoms with Crippen molar-refractivity contribution in [2.45, 2.75) is 25.9 Å². The number of oxime groups is 2. The van der Waals surface area contributed by atoms with E-state index in [2.05, 4.69) is 10.3 Å². The molecule has 1 atom stereocenters. The summed E-state index contributed by atoms with van der Waals surface area (Å²) < 4.78 is 0. The highest BCUT2D eigenvalue weighted by Crippen LogP contribution is 2.26. The zero-order valence-electron chi connectivity index (χ0n) is 12.1. The Morgan fingerprint density at radius 2 is 1.95 bits per heavy atom. The third-order valence-corrected chi connectivity index (χ3v) is 4.91. The van der Waals surface area contributed by atoms with E-state index in [0.717, 1.165) is 15.5 Å². The first-order valence-electron chi connectivity index (χ1n) is 6.67. The van der Waals surface area contributed by atoms with Gasteiger partial charge in [-0.2, -0.15) is 0 Å². The zero-order chi connectivity index (χ0) is 15.6. The molecule has 0 radical (unpaired) electrons. The van der Waals surface area contributed by atoms with Gasteiger partial charge in [0, 0.05) is 6.42 Å². The Morgan fingerprint density at radius 3 is 2.41 bits per heavy atom. The van der Waals surface area contributed by atoms with Crippen molar-refractivity contribution in [3.63, 3.8) is 0 Å². The van der Waals surface area contributed by atoms with Gasteiger partial charge in [-0.25, -0.2) is 4.79 Å². The van der Waals surface area contributed by atoms with Gasteiger partial charge in [-0.15, -0.1) is 22.7 Å². The number of nitrogens with zero attached hydrogens (tertiary/aromatic N) is 2. The molecule has 0 saturated carbocycles. The number of hydrogen-bond acceptors (Lipinski definition) is 7. The van der Waals surface area contributed by atoms with E-state index in [-0.39, 0.29) is 0 Å². The van der Waals surface area contributed by atoms with Crippen molar-refractivity contribution in [1.29, 1.82) is 0 Å². The van der Waals surface area contributed by atoms with Gasteiger partial charge in [-0.05, 0) is 36.7 Å². The predicted molar refractivity (Wildman–Crippen MR) is 87.6 cm³/mol. The monoisotopic (exact) mass is 334 g/mol. The van der Waals surface area contributed by atoms with Gasteiger partial charge in [0.2, 0.25) is 5.60 Å². The topological polar surface area (TPSA) is 60.2 Å². The summed E-state index contributed by atoms with van der Waals surface area (Å²) in [7, 11) is 0. The largest absolute Gasteiger partial charge is 0.381 e. The van der Waals surface area contributed by atoms with Crippen molar-refractivity contribution in [3.05, 3.63) is 44.8 Å². The maximum absolute atomic E-state index is 12.2. The first kappa shape index (κ1) is 14.9. The molecule has 7 heteroatoms. The van der Waals surface area contributed by atoms with Gasteiger partial charge in [-0.1, -0.05) is 22.4 Å². The number of rotatable bonds is 4. The molecule has 0 fully saturated rings. The first-order chi connectivity index (χ1) is 10.6. The van der Waals surface area contributed by atoms with Crippen LogP contribution in [0.25, 0.3) is 0 Å². The van der Waals surface area contributed by atoms with Crippen LogP contribution in [0.1, 0.15) is 30.0 Å². The Morgan fingerprint density at radius 1 is 1.32 bits per heavy atom. The molecule has 3 rings (SSSR count). The molecule has 0 aliphatic carbocycles. The van der Waals surface area contributed by atoms with Crippen molar-refractivity contribution < 1.29 is 14.5 Å². The van der Waals surface area contributed by atoms with Crippen LogP contribution in [0.4, 0.5) is 0 Å². The predicted octanol–water partition coefficient (Wildman–Crippen LogP) is 3.66. The molecular formula is C15H14N2O3S2. The molecule has 1 aliphatic heterocycles. The van der Waals surface area contributed by atoms with Crippen LogP contribution in [-0.4, -0.2) is 23.0 Å². The highest BCUT2D eigenvalue weighted by Gasteiger charge is 2.43. The van der Waals surface area contributed by atoms with Crippen LogP contribution in [0.3, 0.4) is 0 Å². The van der Waals surface area contributed by atoms with E-state index in [1.165, 1.54) is 0 Å². The molecule has 1 unspecified atom stereocenters. The van der Waals surface area contributed by atoms with Gasteiger partial charge in [0.1, 0.15) is 5.71 Å². The van der Waals surface area contributed by atoms with Gasteiger partial charge in [0.25, 0.3) is 0 Å². The number of thiophene rings is 2. The highest BCUT2D eigenvalue weighted by atomic mass is 32.1. The molecule has 0 amide bonds. The summed E-state index contributed by atoms with van der Waals surface area (Å²) in [6.45, 7) is 3.46. The quantitative estimate of drug-likeness (QED) is 0.487. The minimum Gasteiger partial charge on any atom is -0.377 e. The molecule has 3 heterocycles. The second-order valence-electron chi connectivity index (χ2n) is 5.10. The van der Waals surface area contributed by atoms with Gasteiger partial charge >= 0.3 is 5.97 Å². The maximum Gasteiger partial charge on any atom is 0.381 e. The third-order valence-electron chi connectivity index (χ3n) is 3.16. The lowest BCUT2D eigenvalue weighted by Gasteiger charge is -2.16. The van der Waals surface area contributed by atoms with Crippen LogP contribution in [0.5, 0.6) is 0 Å². The zero-order valence-corrected chi connectivity index (χ0v) is 13.7. The van der Waals surface area contributed by atoms with Crippen molar-refractivity contribution in [3.8, 4) is 0 Å². The van der Waals surface area contributed by atoms with E-state index < -0.39 is 11.6 Å². The molecule has 2 aromatic heterocycles. The molecule has 1 aliphatic rings. The van der Waals surface area contributed by atoms with Crippen LogP contribution in [0.15, 0.2) is 45.3 Å². The average molecular weight is 334 g/mol. The lowest BCUT2D eigenvalue weighted by molar-refractivity contribution is -0.167. The molecule has 0 saturated heterocycles. The summed E-state index contributed by atoms with van der Waals surface area (Å²) in [4.78, 5) is 24.5. The van der Waals surface area contributed by atoms with Gasteiger partial charge in [-0.3, -0.25) is 0 Å². The van der Waals surface area contributed by atoms with E-state index in [0.29, 0.717) is 12.1 Å². The lowest BCUT2D eigenvalue weighted by atomic mass is 10.0. The van der Waals surface area contributed by atoms with E-state index in [4.69, 9.17) is 9.68 Å². The van der Waals surface area contributed by atoms with Crippen LogP contribution in [0.2, 0.25) is 0 Å². The minimum absolute atomic E-state index is 0.411. The summed E-state index contributed by atoms with van der Waals surface area (Å²) in [5, 5.41) is 11.8. The molecule has 5 nitrogen and oxygen atoms in total. The Labute approximate surface area is 135 Å². The standard InChI is InChI=1S/C15H14N2O3S2/c1-10-9-15(2,20-16-10)14(18)19-17-13(11-5-3-7-21-11)12-6-4-8-22-12/h3-8H,9H2,1-2H3. The molecule has 114 valence electrons. The second kappa shape index (κ2) is 6.02. The van der Waals surface area contributed by atoms with Crippen LogP contribution in [-0.2, 0) is 14.5 Å². The fourth-order valence-corrected chi connectivity index (χ4v) is 3.57. The van der Waals surface area contributed by atoms with E-state index >= 15 is 0 Å². The maximum atomic E-state index is 12.2. The Hall–Kier alpha value is -1.99. The summed E-state index contributed by atoms with van der Waals surface area (Å²) in [5.74, 6) is -0.543. The molecule has 22 heavy (non-hydrogen) atoms. The van der Waals surface area contributed by atoms with E-state index in [9.17, 15) is 4.79 Å². The fraction of sp³-hybridized carbons (Fsp3) is 0.267. The van der Waals surface area contributed by atoms with Crippen LogP contribution < -0.4 is 0 Å². The average Bonchev–Trinajstić information content (AvgIpc) is 3.22. The van der Waals surface area contributed by atoms with Gasteiger partial charge in [0.05, 0.1) is 15.5 Å². The SMILES string of the molecule is CC1=NOC(C)(C(=O)ON=C(c2cccs2)c2cccs2)C1. The Bertz CT molecular complexity index is 684. The third kappa shape index (κ3) is 2.95. The summed E-state index contributed by atoms with van der Waals surface area (Å²) in [6, 6.07) is 7.75. The highest BCUT2D eigenvalue weighted by molar-refractivity contribution is 7.15.